The Morgan fingerprint density at radius 2 is 1.81 bits per heavy atom. The SMILES string of the molecule is Nc1ccc(C=CC(=O)c2cnc3ccccc3c2N2CCOCC2)cc1. The molecule has 1 aliphatic rings. The average molecular weight is 359 g/mol. The third-order valence-electron chi connectivity index (χ3n) is 4.70. The number of nitrogens with zero attached hydrogens (tertiary/aromatic N) is 2. The van der Waals surface area contributed by atoms with Crippen LogP contribution in [0, 0.1) is 0 Å². The van der Waals surface area contributed by atoms with Crippen molar-refractivity contribution in [2.75, 3.05) is 36.9 Å². The number of hydrogen-bond acceptors (Lipinski definition) is 5. The first-order valence-corrected chi connectivity index (χ1v) is 9.01. The number of ether oxygens (including phenoxy) is 1. The molecule has 1 aliphatic heterocycles. The van der Waals surface area contributed by atoms with E-state index in [9.17, 15) is 4.79 Å². The Labute approximate surface area is 158 Å². The summed E-state index contributed by atoms with van der Waals surface area (Å²) in [5, 5.41) is 0.992. The molecule has 2 aromatic carbocycles. The Balaban J connectivity index is 1.73. The number of allylic oxidation sites excluding steroid dienone is 1. The second-order valence-electron chi connectivity index (χ2n) is 6.50. The van der Waals surface area contributed by atoms with Crippen molar-refractivity contribution in [3.8, 4) is 0 Å². The quantitative estimate of drug-likeness (QED) is 0.438. The summed E-state index contributed by atoms with van der Waals surface area (Å²) in [7, 11) is 0. The third-order valence-corrected chi connectivity index (χ3v) is 4.70. The van der Waals surface area contributed by atoms with Crippen molar-refractivity contribution < 1.29 is 9.53 Å². The molecule has 0 unspecified atom stereocenters. The Morgan fingerprint density at radius 1 is 1.07 bits per heavy atom. The van der Waals surface area contributed by atoms with Gasteiger partial charge in [0, 0.05) is 30.4 Å². The molecule has 1 saturated heterocycles. The van der Waals surface area contributed by atoms with Gasteiger partial charge in [-0.3, -0.25) is 9.78 Å². The van der Waals surface area contributed by atoms with Crippen LogP contribution in [0.15, 0.2) is 60.8 Å². The number of nitrogens with two attached hydrogens (primary N) is 1. The van der Waals surface area contributed by atoms with Gasteiger partial charge in [0.2, 0.25) is 0 Å². The van der Waals surface area contributed by atoms with Crippen LogP contribution >= 0.6 is 0 Å². The lowest BCUT2D eigenvalue weighted by atomic mass is 10.0. The summed E-state index contributed by atoms with van der Waals surface area (Å²) in [6, 6.07) is 15.3. The predicted octanol–water partition coefficient (Wildman–Crippen LogP) is 3.55. The van der Waals surface area contributed by atoms with Gasteiger partial charge in [-0.25, -0.2) is 0 Å². The first kappa shape index (κ1) is 17.2. The van der Waals surface area contributed by atoms with Crippen LogP contribution in [0.25, 0.3) is 17.0 Å². The number of carbonyl (C=O) groups is 1. The van der Waals surface area contributed by atoms with Crippen LogP contribution < -0.4 is 10.6 Å². The molecule has 0 spiro atoms. The van der Waals surface area contributed by atoms with Crippen LogP contribution in [-0.4, -0.2) is 37.1 Å². The van der Waals surface area contributed by atoms with E-state index in [0.29, 0.717) is 24.5 Å². The maximum absolute atomic E-state index is 13.0. The van der Waals surface area contributed by atoms with Gasteiger partial charge in [0.15, 0.2) is 5.78 Å². The van der Waals surface area contributed by atoms with Gasteiger partial charge < -0.3 is 15.4 Å². The minimum Gasteiger partial charge on any atom is -0.399 e. The van der Waals surface area contributed by atoms with Crippen LogP contribution in [-0.2, 0) is 4.74 Å². The highest BCUT2D eigenvalue weighted by molar-refractivity contribution is 6.14. The van der Waals surface area contributed by atoms with Crippen LogP contribution in [0.5, 0.6) is 0 Å². The summed E-state index contributed by atoms with van der Waals surface area (Å²) >= 11 is 0. The van der Waals surface area contributed by atoms with Gasteiger partial charge >= 0.3 is 0 Å². The summed E-state index contributed by atoms with van der Waals surface area (Å²) in [6.07, 6.45) is 5.09. The van der Waals surface area contributed by atoms with E-state index in [4.69, 9.17) is 10.5 Å². The zero-order valence-electron chi connectivity index (χ0n) is 15.0. The summed E-state index contributed by atoms with van der Waals surface area (Å²) in [5.74, 6) is -0.0634. The molecule has 0 saturated carbocycles. The maximum atomic E-state index is 13.0. The Hall–Kier alpha value is -3.18. The van der Waals surface area contributed by atoms with E-state index in [1.165, 1.54) is 0 Å². The molecule has 1 aromatic heterocycles. The van der Waals surface area contributed by atoms with Crippen LogP contribution in [0.3, 0.4) is 0 Å². The number of fused-ring (bicyclic) bond motifs is 1. The fraction of sp³-hybridized carbons (Fsp3) is 0.182. The topological polar surface area (TPSA) is 68.5 Å². The maximum Gasteiger partial charge on any atom is 0.189 e. The molecule has 0 bridgehead atoms. The van der Waals surface area contributed by atoms with E-state index in [1.54, 1.807) is 18.3 Å². The van der Waals surface area contributed by atoms with E-state index in [0.717, 1.165) is 35.2 Å². The van der Waals surface area contributed by atoms with Crippen molar-refractivity contribution in [2.45, 2.75) is 0 Å². The molecule has 2 heterocycles. The number of morpholine rings is 1. The molecule has 0 radical (unpaired) electrons. The highest BCUT2D eigenvalue weighted by atomic mass is 16.5. The highest BCUT2D eigenvalue weighted by Gasteiger charge is 2.21. The van der Waals surface area contributed by atoms with Gasteiger partial charge in [-0.2, -0.15) is 0 Å². The highest BCUT2D eigenvalue weighted by Crippen LogP contribution is 2.31. The summed E-state index contributed by atoms with van der Waals surface area (Å²) in [5.41, 5.74) is 9.79. The largest absolute Gasteiger partial charge is 0.399 e. The first-order valence-electron chi connectivity index (χ1n) is 9.01. The minimum atomic E-state index is -0.0634. The third kappa shape index (κ3) is 3.68. The lowest BCUT2D eigenvalue weighted by Gasteiger charge is -2.31. The van der Waals surface area contributed by atoms with Crippen molar-refractivity contribution in [2.24, 2.45) is 0 Å². The number of aromatic nitrogens is 1. The van der Waals surface area contributed by atoms with Crippen molar-refractivity contribution in [3.05, 3.63) is 71.9 Å². The molecule has 27 heavy (non-hydrogen) atoms. The van der Waals surface area contributed by atoms with Crippen molar-refractivity contribution in [1.29, 1.82) is 0 Å². The Bertz CT molecular complexity index is 990. The number of rotatable bonds is 4. The van der Waals surface area contributed by atoms with Gasteiger partial charge in [0.1, 0.15) is 0 Å². The summed E-state index contributed by atoms with van der Waals surface area (Å²) in [4.78, 5) is 19.7. The molecular weight excluding hydrogens is 338 g/mol. The van der Waals surface area contributed by atoms with Gasteiger partial charge in [0.25, 0.3) is 0 Å². The fourth-order valence-electron chi connectivity index (χ4n) is 3.30. The molecule has 4 rings (SSSR count). The van der Waals surface area contributed by atoms with E-state index in [1.807, 2.05) is 48.5 Å². The van der Waals surface area contributed by atoms with Crippen LogP contribution in [0.4, 0.5) is 11.4 Å². The number of para-hydroxylation sites is 1. The minimum absolute atomic E-state index is 0.0634. The molecule has 0 aliphatic carbocycles. The van der Waals surface area contributed by atoms with Crippen LogP contribution in [0.1, 0.15) is 15.9 Å². The van der Waals surface area contributed by atoms with E-state index in [-0.39, 0.29) is 5.78 Å². The summed E-state index contributed by atoms with van der Waals surface area (Å²) in [6.45, 7) is 2.84. The van der Waals surface area contributed by atoms with Gasteiger partial charge in [-0.15, -0.1) is 0 Å². The van der Waals surface area contributed by atoms with Crippen molar-refractivity contribution >= 4 is 34.1 Å². The number of pyridine rings is 1. The Morgan fingerprint density at radius 3 is 2.59 bits per heavy atom. The van der Waals surface area contributed by atoms with E-state index >= 15 is 0 Å². The number of nitrogen functional groups attached to an aromatic ring is 1. The normalized spacial score (nSPS) is 14.7. The molecule has 2 N–H and O–H groups in total. The van der Waals surface area contributed by atoms with Crippen molar-refractivity contribution in [1.82, 2.24) is 4.98 Å². The number of carbonyl (C=O) groups excluding carboxylic acids is 1. The standard InChI is InChI=1S/C22H21N3O2/c23-17-8-5-16(6-9-17)7-10-21(26)19-15-24-20-4-2-1-3-18(20)22(19)25-11-13-27-14-12-25/h1-10,15H,11-14,23H2. The second kappa shape index (κ2) is 7.60. The molecule has 5 heteroatoms. The zero-order chi connectivity index (χ0) is 18.6. The zero-order valence-corrected chi connectivity index (χ0v) is 15.0. The van der Waals surface area contributed by atoms with Gasteiger partial charge in [-0.1, -0.05) is 36.4 Å². The molecule has 3 aromatic rings. The Kier molecular flexibility index (Phi) is 4.85. The lowest BCUT2D eigenvalue weighted by Crippen LogP contribution is -2.37. The first-order chi connectivity index (χ1) is 13.2. The summed E-state index contributed by atoms with van der Waals surface area (Å²) < 4.78 is 5.48. The van der Waals surface area contributed by atoms with E-state index in [2.05, 4.69) is 9.88 Å². The number of anilines is 2. The predicted molar refractivity (Wildman–Crippen MR) is 109 cm³/mol. The average Bonchev–Trinajstić information content (AvgIpc) is 2.73. The number of benzene rings is 2. The number of hydrogen-bond donors (Lipinski definition) is 1. The fourth-order valence-corrected chi connectivity index (χ4v) is 3.30. The monoisotopic (exact) mass is 359 g/mol. The molecule has 136 valence electrons. The van der Waals surface area contributed by atoms with Crippen LogP contribution in [0.2, 0.25) is 0 Å². The second-order valence-corrected chi connectivity index (χ2v) is 6.50. The molecule has 0 amide bonds. The molecular formula is C22H21N3O2. The number of ketones is 1. The lowest BCUT2D eigenvalue weighted by molar-refractivity contribution is 0.104. The van der Waals surface area contributed by atoms with Gasteiger partial charge in [-0.05, 0) is 29.8 Å². The smallest absolute Gasteiger partial charge is 0.189 e. The molecule has 5 nitrogen and oxygen atoms in total. The van der Waals surface area contributed by atoms with Crippen molar-refractivity contribution in [3.63, 3.8) is 0 Å². The molecule has 0 atom stereocenters. The molecule has 1 fully saturated rings. The van der Waals surface area contributed by atoms with Gasteiger partial charge in [0.05, 0.1) is 30.0 Å². The van der Waals surface area contributed by atoms with E-state index < -0.39 is 0 Å².